The predicted molar refractivity (Wildman–Crippen MR) is 87.2 cm³/mol. The zero-order valence-corrected chi connectivity index (χ0v) is 13.6. The van der Waals surface area contributed by atoms with Crippen molar-refractivity contribution in [2.75, 3.05) is 29.9 Å². The first-order chi connectivity index (χ1) is 9.95. The van der Waals surface area contributed by atoms with Crippen molar-refractivity contribution in [3.63, 3.8) is 0 Å². The molecule has 0 aromatic carbocycles. The van der Waals surface area contributed by atoms with E-state index >= 15 is 0 Å². The second-order valence-electron chi connectivity index (χ2n) is 4.46. The SMILES string of the molecule is CCNS(=O)(=O)CCNc1nc(N)nc2sc(CC)cc12. The van der Waals surface area contributed by atoms with Crippen LogP contribution in [0.2, 0.25) is 0 Å². The van der Waals surface area contributed by atoms with Gasteiger partial charge in [0.1, 0.15) is 10.6 Å². The second kappa shape index (κ2) is 6.54. The lowest BCUT2D eigenvalue weighted by atomic mass is 10.3. The van der Waals surface area contributed by atoms with Crippen molar-refractivity contribution in [1.29, 1.82) is 0 Å². The maximum absolute atomic E-state index is 11.6. The summed E-state index contributed by atoms with van der Waals surface area (Å²) in [7, 11) is -3.25. The van der Waals surface area contributed by atoms with Crippen molar-refractivity contribution in [2.45, 2.75) is 20.3 Å². The van der Waals surface area contributed by atoms with Crippen molar-refractivity contribution < 1.29 is 8.42 Å². The summed E-state index contributed by atoms with van der Waals surface area (Å²) in [4.78, 5) is 10.4. The van der Waals surface area contributed by atoms with Gasteiger partial charge in [-0.2, -0.15) is 4.98 Å². The van der Waals surface area contributed by atoms with Gasteiger partial charge in [0, 0.05) is 18.0 Å². The fourth-order valence-electron chi connectivity index (χ4n) is 1.89. The Kier molecular flexibility index (Phi) is 4.96. The fraction of sp³-hybridized carbons (Fsp3) is 0.500. The monoisotopic (exact) mass is 329 g/mol. The minimum atomic E-state index is -3.25. The van der Waals surface area contributed by atoms with Gasteiger partial charge in [0.05, 0.1) is 11.1 Å². The topological polar surface area (TPSA) is 110 Å². The molecule has 0 spiro atoms. The zero-order valence-electron chi connectivity index (χ0n) is 12.0. The molecule has 0 aliphatic carbocycles. The molecule has 116 valence electrons. The largest absolute Gasteiger partial charge is 0.368 e. The summed E-state index contributed by atoms with van der Waals surface area (Å²) in [6.07, 6.45) is 0.912. The number of rotatable bonds is 7. The van der Waals surface area contributed by atoms with Crippen LogP contribution in [-0.2, 0) is 16.4 Å². The molecule has 4 N–H and O–H groups in total. The number of nitrogens with one attached hydrogen (secondary N) is 2. The van der Waals surface area contributed by atoms with E-state index in [1.54, 1.807) is 18.3 Å². The molecule has 2 aromatic heterocycles. The van der Waals surface area contributed by atoms with E-state index in [1.807, 2.05) is 6.07 Å². The third kappa shape index (κ3) is 4.02. The van der Waals surface area contributed by atoms with Crippen molar-refractivity contribution in [2.24, 2.45) is 0 Å². The molecule has 0 unspecified atom stereocenters. The first-order valence-electron chi connectivity index (χ1n) is 6.72. The van der Waals surface area contributed by atoms with E-state index in [9.17, 15) is 8.42 Å². The molecule has 0 saturated heterocycles. The molecule has 0 aliphatic heterocycles. The van der Waals surface area contributed by atoms with E-state index in [2.05, 4.69) is 26.9 Å². The minimum Gasteiger partial charge on any atom is -0.368 e. The van der Waals surface area contributed by atoms with Crippen LogP contribution in [0.5, 0.6) is 0 Å². The molecule has 2 aromatic rings. The lowest BCUT2D eigenvalue weighted by Crippen LogP contribution is -2.29. The first-order valence-corrected chi connectivity index (χ1v) is 9.19. The summed E-state index contributed by atoms with van der Waals surface area (Å²) >= 11 is 1.57. The highest BCUT2D eigenvalue weighted by atomic mass is 32.2. The molecular formula is C12H19N5O2S2. The molecule has 9 heteroatoms. The molecule has 0 saturated carbocycles. The number of anilines is 2. The molecule has 21 heavy (non-hydrogen) atoms. The van der Waals surface area contributed by atoms with Gasteiger partial charge in [0.15, 0.2) is 0 Å². The Bertz CT molecular complexity index is 727. The fourth-order valence-corrected chi connectivity index (χ4v) is 3.82. The van der Waals surface area contributed by atoms with Gasteiger partial charge < -0.3 is 11.1 Å². The minimum absolute atomic E-state index is 0.0169. The van der Waals surface area contributed by atoms with Crippen LogP contribution in [0.25, 0.3) is 10.2 Å². The van der Waals surface area contributed by atoms with E-state index in [1.165, 1.54) is 4.88 Å². The quantitative estimate of drug-likeness (QED) is 0.704. The van der Waals surface area contributed by atoms with E-state index in [-0.39, 0.29) is 18.2 Å². The third-order valence-electron chi connectivity index (χ3n) is 2.84. The summed E-state index contributed by atoms with van der Waals surface area (Å²) in [6.45, 7) is 4.46. The van der Waals surface area contributed by atoms with Gasteiger partial charge in [-0.1, -0.05) is 13.8 Å². The van der Waals surface area contributed by atoms with Crippen molar-refractivity contribution in [3.8, 4) is 0 Å². The predicted octanol–water partition coefficient (Wildman–Crippen LogP) is 1.19. The highest BCUT2D eigenvalue weighted by Crippen LogP contribution is 2.29. The molecule has 0 fully saturated rings. The number of nitrogen functional groups attached to an aromatic ring is 1. The van der Waals surface area contributed by atoms with Crippen molar-refractivity contribution in [3.05, 3.63) is 10.9 Å². The number of aromatic nitrogens is 2. The zero-order chi connectivity index (χ0) is 15.5. The molecule has 0 bridgehead atoms. The van der Waals surface area contributed by atoms with E-state index in [4.69, 9.17) is 5.73 Å². The van der Waals surface area contributed by atoms with Crippen LogP contribution in [-0.4, -0.2) is 37.2 Å². The Balaban J connectivity index is 2.16. The van der Waals surface area contributed by atoms with Gasteiger partial charge >= 0.3 is 0 Å². The molecule has 2 heterocycles. The number of nitrogens with two attached hydrogens (primary N) is 1. The smallest absolute Gasteiger partial charge is 0.223 e. The summed E-state index contributed by atoms with van der Waals surface area (Å²) in [5, 5.41) is 3.92. The van der Waals surface area contributed by atoms with Crippen LogP contribution < -0.4 is 15.8 Å². The standard InChI is InChI=1S/C12H19N5O2S2/c1-3-8-7-9-10(16-12(13)17-11(9)20-8)14-5-6-21(18,19)15-4-2/h7,15H,3-6H2,1-2H3,(H3,13,14,16,17). The number of sulfonamides is 1. The number of hydrogen-bond acceptors (Lipinski definition) is 7. The lowest BCUT2D eigenvalue weighted by Gasteiger charge is -2.08. The number of aryl methyl sites for hydroxylation is 1. The molecular weight excluding hydrogens is 310 g/mol. The van der Waals surface area contributed by atoms with Crippen LogP contribution in [0.4, 0.5) is 11.8 Å². The highest BCUT2D eigenvalue weighted by molar-refractivity contribution is 7.89. The number of thiophene rings is 1. The molecule has 2 rings (SSSR count). The van der Waals surface area contributed by atoms with Gasteiger partial charge in [-0.25, -0.2) is 18.1 Å². The van der Waals surface area contributed by atoms with Crippen molar-refractivity contribution in [1.82, 2.24) is 14.7 Å². The Morgan fingerprint density at radius 1 is 1.33 bits per heavy atom. The van der Waals surface area contributed by atoms with Crippen molar-refractivity contribution >= 4 is 43.3 Å². The average Bonchev–Trinajstić information content (AvgIpc) is 2.81. The maximum Gasteiger partial charge on any atom is 0.223 e. The van der Waals surface area contributed by atoms with Gasteiger partial charge in [-0.3, -0.25) is 0 Å². The summed E-state index contributed by atoms with van der Waals surface area (Å²) < 4.78 is 25.6. The van der Waals surface area contributed by atoms with Gasteiger partial charge in [-0.05, 0) is 12.5 Å². The number of fused-ring (bicyclic) bond motifs is 1. The van der Waals surface area contributed by atoms with Crippen LogP contribution >= 0.6 is 11.3 Å². The molecule has 0 atom stereocenters. The lowest BCUT2D eigenvalue weighted by molar-refractivity contribution is 0.584. The molecule has 0 radical (unpaired) electrons. The van der Waals surface area contributed by atoms with Crippen LogP contribution in [0, 0.1) is 0 Å². The number of hydrogen-bond donors (Lipinski definition) is 3. The van der Waals surface area contributed by atoms with Gasteiger partial charge in [-0.15, -0.1) is 11.3 Å². The Hall–Kier alpha value is -1.45. The maximum atomic E-state index is 11.6. The Morgan fingerprint density at radius 2 is 2.10 bits per heavy atom. The molecule has 0 amide bonds. The van der Waals surface area contributed by atoms with E-state index in [0.717, 1.165) is 16.6 Å². The number of nitrogens with zero attached hydrogens (tertiary/aromatic N) is 2. The molecule has 7 nitrogen and oxygen atoms in total. The normalized spacial score (nSPS) is 11.9. The molecule has 0 aliphatic rings. The van der Waals surface area contributed by atoms with E-state index in [0.29, 0.717) is 12.4 Å². The third-order valence-corrected chi connectivity index (χ3v) is 5.48. The second-order valence-corrected chi connectivity index (χ2v) is 7.50. The van der Waals surface area contributed by atoms with E-state index < -0.39 is 10.0 Å². The first kappa shape index (κ1) is 15.9. The van der Waals surface area contributed by atoms with Gasteiger partial charge in [0.25, 0.3) is 0 Å². The van der Waals surface area contributed by atoms with Crippen LogP contribution in [0.15, 0.2) is 6.07 Å². The highest BCUT2D eigenvalue weighted by Gasteiger charge is 2.12. The summed E-state index contributed by atoms with van der Waals surface area (Å²) in [5.41, 5.74) is 5.69. The Labute approximate surface area is 128 Å². The van der Waals surface area contributed by atoms with Crippen LogP contribution in [0.3, 0.4) is 0 Å². The van der Waals surface area contributed by atoms with Gasteiger partial charge in [0.2, 0.25) is 16.0 Å². The Morgan fingerprint density at radius 3 is 2.76 bits per heavy atom. The summed E-state index contributed by atoms with van der Waals surface area (Å²) in [6, 6.07) is 2.01. The summed E-state index contributed by atoms with van der Waals surface area (Å²) in [5.74, 6) is 0.751. The van der Waals surface area contributed by atoms with Crippen LogP contribution in [0.1, 0.15) is 18.7 Å². The average molecular weight is 329 g/mol.